The van der Waals surface area contributed by atoms with Gasteiger partial charge >= 0.3 is 0 Å². The van der Waals surface area contributed by atoms with Crippen LogP contribution in [0.4, 0.5) is 8.78 Å². The van der Waals surface area contributed by atoms with Crippen molar-refractivity contribution >= 4 is 0 Å². The van der Waals surface area contributed by atoms with Gasteiger partial charge in [-0.15, -0.1) is 0 Å². The van der Waals surface area contributed by atoms with E-state index < -0.39 is 0 Å². The fourth-order valence-corrected chi connectivity index (χ4v) is 1.97. The van der Waals surface area contributed by atoms with Crippen LogP contribution in [0.15, 0.2) is 18.2 Å². The number of nitrogens with zero attached hydrogens (tertiary/aromatic N) is 1. The van der Waals surface area contributed by atoms with E-state index in [2.05, 4.69) is 10.2 Å². The van der Waals surface area contributed by atoms with Crippen LogP contribution in [-0.4, -0.2) is 31.1 Å². The van der Waals surface area contributed by atoms with Crippen LogP contribution in [0.25, 0.3) is 0 Å². The predicted octanol–water partition coefficient (Wildman–Crippen LogP) is 1.76. The van der Waals surface area contributed by atoms with Crippen LogP contribution in [-0.2, 0) is 6.54 Å². The third kappa shape index (κ3) is 3.00. The molecule has 1 aromatic carbocycles. The molecule has 2 nitrogen and oxygen atoms in total. The van der Waals surface area contributed by atoms with Crippen molar-refractivity contribution in [3.63, 3.8) is 0 Å². The summed E-state index contributed by atoms with van der Waals surface area (Å²) >= 11 is 0. The van der Waals surface area contributed by atoms with Gasteiger partial charge in [-0.3, -0.25) is 4.90 Å². The lowest BCUT2D eigenvalue weighted by Crippen LogP contribution is -2.28. The van der Waals surface area contributed by atoms with E-state index in [4.69, 9.17) is 0 Å². The maximum absolute atomic E-state index is 13.4. The molecular formula is C12H16F2N2. The van der Waals surface area contributed by atoms with Crippen molar-refractivity contribution < 1.29 is 8.78 Å². The van der Waals surface area contributed by atoms with E-state index >= 15 is 0 Å². The van der Waals surface area contributed by atoms with Gasteiger partial charge < -0.3 is 5.32 Å². The summed E-state index contributed by atoms with van der Waals surface area (Å²) in [5.41, 5.74) is 0.446. The minimum atomic E-state index is -0.371. The quantitative estimate of drug-likeness (QED) is 0.826. The molecule has 16 heavy (non-hydrogen) atoms. The highest BCUT2D eigenvalue weighted by molar-refractivity contribution is 5.18. The van der Waals surface area contributed by atoms with E-state index in [1.54, 1.807) is 0 Å². The number of rotatable bonds is 2. The Bertz CT molecular complexity index is 347. The van der Waals surface area contributed by atoms with Crippen LogP contribution in [0.2, 0.25) is 0 Å². The Morgan fingerprint density at radius 2 is 2.06 bits per heavy atom. The lowest BCUT2D eigenvalue weighted by Gasteiger charge is -2.19. The molecule has 0 aliphatic carbocycles. The summed E-state index contributed by atoms with van der Waals surface area (Å²) < 4.78 is 26.4. The Morgan fingerprint density at radius 1 is 1.19 bits per heavy atom. The smallest absolute Gasteiger partial charge is 0.127 e. The zero-order valence-electron chi connectivity index (χ0n) is 9.18. The van der Waals surface area contributed by atoms with Gasteiger partial charge in [-0.05, 0) is 37.7 Å². The number of hydrogen-bond donors (Lipinski definition) is 1. The van der Waals surface area contributed by atoms with Gasteiger partial charge in [-0.2, -0.15) is 0 Å². The van der Waals surface area contributed by atoms with Gasteiger partial charge in [0, 0.05) is 25.2 Å². The van der Waals surface area contributed by atoms with Gasteiger partial charge in [0.1, 0.15) is 11.6 Å². The molecule has 0 unspecified atom stereocenters. The van der Waals surface area contributed by atoms with E-state index in [0.29, 0.717) is 12.1 Å². The van der Waals surface area contributed by atoms with Crippen LogP contribution in [0.5, 0.6) is 0 Å². The Kier molecular flexibility index (Phi) is 3.85. The van der Waals surface area contributed by atoms with Crippen LogP contribution >= 0.6 is 0 Å². The maximum atomic E-state index is 13.4. The second-order valence-corrected chi connectivity index (χ2v) is 4.12. The zero-order valence-corrected chi connectivity index (χ0v) is 9.18. The number of halogens is 2. The fourth-order valence-electron chi connectivity index (χ4n) is 1.97. The molecular weight excluding hydrogens is 210 g/mol. The summed E-state index contributed by atoms with van der Waals surface area (Å²) in [5, 5.41) is 3.28. The van der Waals surface area contributed by atoms with Crippen LogP contribution in [0.3, 0.4) is 0 Å². The van der Waals surface area contributed by atoms with Gasteiger partial charge in [0.25, 0.3) is 0 Å². The predicted molar refractivity (Wildman–Crippen MR) is 59.1 cm³/mol. The summed E-state index contributed by atoms with van der Waals surface area (Å²) in [6.07, 6.45) is 1.05. The maximum Gasteiger partial charge on any atom is 0.127 e. The van der Waals surface area contributed by atoms with Gasteiger partial charge in [-0.25, -0.2) is 8.78 Å². The minimum Gasteiger partial charge on any atom is -0.315 e. The zero-order chi connectivity index (χ0) is 11.4. The number of benzene rings is 1. The molecule has 0 aromatic heterocycles. The molecule has 1 aromatic rings. The van der Waals surface area contributed by atoms with E-state index in [9.17, 15) is 8.78 Å². The molecule has 0 radical (unpaired) electrons. The lowest BCUT2D eigenvalue weighted by molar-refractivity contribution is 0.279. The molecule has 1 aliphatic rings. The highest BCUT2D eigenvalue weighted by Crippen LogP contribution is 2.12. The van der Waals surface area contributed by atoms with Crippen molar-refractivity contribution in [2.75, 3.05) is 26.2 Å². The first kappa shape index (κ1) is 11.5. The van der Waals surface area contributed by atoms with Crippen LogP contribution in [0.1, 0.15) is 12.0 Å². The summed E-state index contributed by atoms with van der Waals surface area (Å²) in [5.74, 6) is -0.692. The monoisotopic (exact) mass is 226 g/mol. The Balaban J connectivity index is 2.04. The SMILES string of the molecule is Fc1ccc(F)c(CN2CCCNCC2)c1. The van der Waals surface area contributed by atoms with Crippen molar-refractivity contribution in [3.8, 4) is 0 Å². The van der Waals surface area contributed by atoms with Crippen LogP contribution in [0, 0.1) is 11.6 Å². The van der Waals surface area contributed by atoms with E-state index in [-0.39, 0.29) is 11.6 Å². The third-order valence-corrected chi connectivity index (χ3v) is 2.83. The molecule has 2 rings (SSSR count). The fraction of sp³-hybridized carbons (Fsp3) is 0.500. The molecule has 0 amide bonds. The molecule has 0 bridgehead atoms. The average molecular weight is 226 g/mol. The first-order chi connectivity index (χ1) is 7.75. The minimum absolute atomic E-state index is 0.321. The lowest BCUT2D eigenvalue weighted by atomic mass is 10.2. The largest absolute Gasteiger partial charge is 0.315 e. The van der Waals surface area contributed by atoms with Crippen LogP contribution < -0.4 is 5.32 Å². The first-order valence-corrected chi connectivity index (χ1v) is 5.63. The average Bonchev–Trinajstić information content (AvgIpc) is 2.52. The first-order valence-electron chi connectivity index (χ1n) is 5.63. The molecule has 0 spiro atoms. The van der Waals surface area contributed by atoms with Crippen molar-refractivity contribution in [1.82, 2.24) is 10.2 Å². The summed E-state index contributed by atoms with van der Waals surface area (Å²) in [6, 6.07) is 3.64. The molecule has 1 aliphatic heterocycles. The second kappa shape index (κ2) is 5.37. The van der Waals surface area contributed by atoms with E-state index in [1.165, 1.54) is 12.1 Å². The van der Waals surface area contributed by atoms with Gasteiger partial charge in [0.15, 0.2) is 0 Å². The van der Waals surface area contributed by atoms with Crippen molar-refractivity contribution in [2.24, 2.45) is 0 Å². The Hall–Kier alpha value is -1.00. The highest BCUT2D eigenvalue weighted by atomic mass is 19.1. The van der Waals surface area contributed by atoms with Gasteiger partial charge in [0.05, 0.1) is 0 Å². The summed E-state index contributed by atoms with van der Waals surface area (Å²) in [6.45, 7) is 4.23. The highest BCUT2D eigenvalue weighted by Gasteiger charge is 2.12. The van der Waals surface area contributed by atoms with Gasteiger partial charge in [0.2, 0.25) is 0 Å². The van der Waals surface area contributed by atoms with Crippen molar-refractivity contribution in [1.29, 1.82) is 0 Å². The summed E-state index contributed by atoms with van der Waals surface area (Å²) in [7, 11) is 0. The van der Waals surface area contributed by atoms with E-state index in [0.717, 1.165) is 38.7 Å². The Morgan fingerprint density at radius 3 is 2.94 bits per heavy atom. The molecule has 1 heterocycles. The molecule has 0 saturated carbocycles. The van der Waals surface area contributed by atoms with Crippen molar-refractivity contribution in [3.05, 3.63) is 35.4 Å². The molecule has 1 fully saturated rings. The summed E-state index contributed by atoms with van der Waals surface area (Å²) in [4.78, 5) is 2.15. The van der Waals surface area contributed by atoms with E-state index in [1.807, 2.05) is 0 Å². The molecule has 0 atom stereocenters. The number of hydrogen-bond acceptors (Lipinski definition) is 2. The molecule has 4 heteroatoms. The number of nitrogens with one attached hydrogen (secondary N) is 1. The van der Waals surface area contributed by atoms with Crippen molar-refractivity contribution in [2.45, 2.75) is 13.0 Å². The third-order valence-electron chi connectivity index (χ3n) is 2.83. The van der Waals surface area contributed by atoms with Gasteiger partial charge in [-0.1, -0.05) is 0 Å². The topological polar surface area (TPSA) is 15.3 Å². The standard InChI is InChI=1S/C12H16F2N2/c13-11-2-3-12(14)10(8-11)9-16-6-1-4-15-5-7-16/h2-3,8,15H,1,4-7,9H2. The Labute approximate surface area is 94.3 Å². The molecule has 88 valence electrons. The molecule has 1 N–H and O–H groups in total. The normalized spacial score (nSPS) is 18.4. The second-order valence-electron chi connectivity index (χ2n) is 4.12. The molecule has 1 saturated heterocycles.